The van der Waals surface area contributed by atoms with Gasteiger partial charge in [-0.3, -0.25) is 0 Å². The van der Waals surface area contributed by atoms with Crippen molar-refractivity contribution in [3.63, 3.8) is 0 Å². The van der Waals surface area contributed by atoms with Crippen molar-refractivity contribution in [1.82, 2.24) is 5.32 Å². The molecule has 0 amide bonds. The molecule has 18 heavy (non-hydrogen) atoms. The Morgan fingerprint density at radius 3 is 2.56 bits per heavy atom. The summed E-state index contributed by atoms with van der Waals surface area (Å²) >= 11 is 0. The van der Waals surface area contributed by atoms with Crippen LogP contribution >= 0.6 is 0 Å². The molecule has 0 fully saturated rings. The van der Waals surface area contributed by atoms with E-state index in [4.69, 9.17) is 14.2 Å². The Labute approximate surface area is 111 Å². The molecular weight excluding hydrogens is 234 g/mol. The Bertz CT molecular complexity index is 158. The molecule has 0 aromatic carbocycles. The van der Waals surface area contributed by atoms with E-state index in [0.717, 1.165) is 39.0 Å². The van der Waals surface area contributed by atoms with Gasteiger partial charge in [0.25, 0.3) is 0 Å². The fourth-order valence-electron chi connectivity index (χ4n) is 1.34. The lowest BCUT2D eigenvalue weighted by atomic mass is 10.3. The van der Waals surface area contributed by atoms with Crippen LogP contribution < -0.4 is 5.32 Å². The number of unbranched alkanes of at least 4 members (excludes halogenated alkanes) is 1. The van der Waals surface area contributed by atoms with Gasteiger partial charge in [0.05, 0.1) is 25.9 Å². The van der Waals surface area contributed by atoms with E-state index >= 15 is 0 Å². The predicted octanol–water partition coefficient (Wildman–Crippen LogP) is 0.807. The molecule has 5 heteroatoms. The minimum absolute atomic E-state index is 0.414. The zero-order chi connectivity index (χ0) is 13.5. The summed E-state index contributed by atoms with van der Waals surface area (Å²) in [6.07, 6.45) is 2.69. The van der Waals surface area contributed by atoms with Crippen molar-refractivity contribution in [2.75, 3.05) is 53.2 Å². The Morgan fingerprint density at radius 1 is 1.06 bits per heavy atom. The number of hydrogen-bond acceptors (Lipinski definition) is 5. The van der Waals surface area contributed by atoms with Gasteiger partial charge in [0.1, 0.15) is 0 Å². The Morgan fingerprint density at radius 2 is 1.83 bits per heavy atom. The molecule has 0 radical (unpaired) electrons. The molecule has 0 aliphatic carbocycles. The van der Waals surface area contributed by atoms with Crippen molar-refractivity contribution in [3.8, 4) is 0 Å². The second-order valence-corrected chi connectivity index (χ2v) is 4.25. The highest BCUT2D eigenvalue weighted by Gasteiger charge is 2.02. The summed E-state index contributed by atoms with van der Waals surface area (Å²) in [4.78, 5) is 0. The molecule has 0 aromatic rings. The first-order valence-electron chi connectivity index (χ1n) is 6.84. The first-order chi connectivity index (χ1) is 8.81. The van der Waals surface area contributed by atoms with E-state index in [0.29, 0.717) is 26.4 Å². The maximum atomic E-state index is 9.59. The van der Waals surface area contributed by atoms with Gasteiger partial charge < -0.3 is 24.6 Å². The molecule has 0 aromatic heterocycles. The van der Waals surface area contributed by atoms with Crippen molar-refractivity contribution in [2.24, 2.45) is 0 Å². The number of hydrogen-bond donors (Lipinski definition) is 2. The van der Waals surface area contributed by atoms with Crippen molar-refractivity contribution >= 4 is 0 Å². The number of aliphatic hydroxyl groups excluding tert-OH is 1. The van der Waals surface area contributed by atoms with Crippen LogP contribution in [0.4, 0.5) is 0 Å². The van der Waals surface area contributed by atoms with Crippen LogP contribution in [-0.2, 0) is 14.2 Å². The van der Waals surface area contributed by atoms with Crippen LogP contribution in [0.1, 0.15) is 26.2 Å². The lowest BCUT2D eigenvalue weighted by molar-refractivity contribution is 0.0352. The zero-order valence-electron chi connectivity index (χ0n) is 11.8. The molecule has 110 valence electrons. The highest BCUT2D eigenvalue weighted by atomic mass is 16.5. The van der Waals surface area contributed by atoms with Crippen LogP contribution in [-0.4, -0.2) is 64.4 Å². The first-order valence-corrected chi connectivity index (χ1v) is 6.84. The van der Waals surface area contributed by atoms with E-state index in [1.807, 2.05) is 0 Å². The topological polar surface area (TPSA) is 60.0 Å². The molecule has 0 saturated carbocycles. The minimum Gasteiger partial charge on any atom is -0.389 e. The average Bonchev–Trinajstić information content (AvgIpc) is 2.38. The van der Waals surface area contributed by atoms with Gasteiger partial charge in [-0.05, 0) is 19.4 Å². The molecule has 0 aliphatic heterocycles. The van der Waals surface area contributed by atoms with Gasteiger partial charge in [-0.1, -0.05) is 13.3 Å². The summed E-state index contributed by atoms with van der Waals surface area (Å²) in [6, 6.07) is 0. The summed E-state index contributed by atoms with van der Waals surface area (Å²) in [5.74, 6) is 0. The second-order valence-electron chi connectivity index (χ2n) is 4.25. The Hall–Kier alpha value is -0.200. The summed E-state index contributed by atoms with van der Waals surface area (Å²) < 4.78 is 15.5. The molecule has 5 nitrogen and oxygen atoms in total. The molecule has 0 bridgehead atoms. The van der Waals surface area contributed by atoms with E-state index in [-0.39, 0.29) is 0 Å². The number of methoxy groups -OCH3 is 1. The lowest BCUT2D eigenvalue weighted by Gasteiger charge is -2.12. The largest absolute Gasteiger partial charge is 0.389 e. The summed E-state index contributed by atoms with van der Waals surface area (Å²) in [7, 11) is 1.66. The Kier molecular flexibility index (Phi) is 14.7. The molecule has 0 saturated heterocycles. The van der Waals surface area contributed by atoms with E-state index in [2.05, 4.69) is 12.2 Å². The molecule has 0 aliphatic rings. The normalized spacial score (nSPS) is 12.8. The van der Waals surface area contributed by atoms with E-state index in [9.17, 15) is 5.11 Å². The first kappa shape index (κ1) is 17.8. The molecule has 1 unspecified atom stereocenters. The smallest absolute Gasteiger partial charge is 0.0897 e. The zero-order valence-corrected chi connectivity index (χ0v) is 11.8. The maximum absolute atomic E-state index is 9.59. The summed E-state index contributed by atoms with van der Waals surface area (Å²) in [6.45, 7) is 6.70. The minimum atomic E-state index is -0.420. The number of ether oxygens (including phenoxy) is 3. The number of aliphatic hydroxyl groups is 1. The van der Waals surface area contributed by atoms with Crippen molar-refractivity contribution < 1.29 is 19.3 Å². The van der Waals surface area contributed by atoms with Gasteiger partial charge in [-0.2, -0.15) is 0 Å². The third-order valence-corrected chi connectivity index (χ3v) is 2.41. The van der Waals surface area contributed by atoms with E-state index in [1.165, 1.54) is 0 Å². The van der Waals surface area contributed by atoms with Crippen molar-refractivity contribution in [2.45, 2.75) is 32.3 Å². The van der Waals surface area contributed by atoms with Gasteiger partial charge in [-0.25, -0.2) is 0 Å². The van der Waals surface area contributed by atoms with Crippen LogP contribution in [0, 0.1) is 0 Å². The summed E-state index contributed by atoms with van der Waals surface area (Å²) in [5, 5.41) is 12.8. The van der Waals surface area contributed by atoms with Crippen LogP contribution in [0.25, 0.3) is 0 Å². The van der Waals surface area contributed by atoms with Gasteiger partial charge in [0.15, 0.2) is 0 Å². The van der Waals surface area contributed by atoms with E-state index in [1.54, 1.807) is 7.11 Å². The SMILES string of the molecule is CCCCOCC(O)CNCCCOCCOC. The quantitative estimate of drug-likeness (QED) is 0.454. The van der Waals surface area contributed by atoms with Crippen LogP contribution in [0.2, 0.25) is 0 Å². The number of nitrogens with one attached hydrogen (secondary N) is 1. The second kappa shape index (κ2) is 14.9. The van der Waals surface area contributed by atoms with Gasteiger partial charge >= 0.3 is 0 Å². The van der Waals surface area contributed by atoms with Crippen LogP contribution in [0.3, 0.4) is 0 Å². The molecule has 0 heterocycles. The molecule has 2 N–H and O–H groups in total. The van der Waals surface area contributed by atoms with E-state index < -0.39 is 6.10 Å². The molecular formula is C13H29NO4. The van der Waals surface area contributed by atoms with Gasteiger partial charge in [-0.15, -0.1) is 0 Å². The fraction of sp³-hybridized carbons (Fsp3) is 1.00. The average molecular weight is 263 g/mol. The third kappa shape index (κ3) is 13.9. The molecule has 0 rings (SSSR count). The van der Waals surface area contributed by atoms with Crippen LogP contribution in [0.15, 0.2) is 0 Å². The maximum Gasteiger partial charge on any atom is 0.0897 e. The highest BCUT2D eigenvalue weighted by molar-refractivity contribution is 4.58. The highest BCUT2D eigenvalue weighted by Crippen LogP contribution is 1.90. The fourth-order valence-corrected chi connectivity index (χ4v) is 1.34. The summed E-state index contributed by atoms with van der Waals surface area (Å²) in [5.41, 5.74) is 0. The third-order valence-electron chi connectivity index (χ3n) is 2.41. The molecule has 1 atom stereocenters. The monoisotopic (exact) mass is 263 g/mol. The van der Waals surface area contributed by atoms with Crippen molar-refractivity contribution in [3.05, 3.63) is 0 Å². The standard InChI is InChI=1S/C13H29NO4/c1-3-4-7-18-12-13(15)11-14-6-5-8-17-10-9-16-2/h13-15H,3-12H2,1-2H3. The van der Waals surface area contributed by atoms with Gasteiger partial charge in [0.2, 0.25) is 0 Å². The van der Waals surface area contributed by atoms with Crippen LogP contribution in [0.5, 0.6) is 0 Å². The number of rotatable bonds is 14. The predicted molar refractivity (Wildman–Crippen MR) is 71.9 cm³/mol. The van der Waals surface area contributed by atoms with Gasteiger partial charge in [0, 0.05) is 26.9 Å². The molecule has 0 spiro atoms. The lowest BCUT2D eigenvalue weighted by Crippen LogP contribution is -2.31. The Balaban J connectivity index is 3.08. The van der Waals surface area contributed by atoms with Crippen molar-refractivity contribution in [1.29, 1.82) is 0 Å².